The van der Waals surface area contributed by atoms with Crippen molar-refractivity contribution in [3.63, 3.8) is 0 Å². The van der Waals surface area contributed by atoms with Crippen molar-refractivity contribution >= 4 is 11.6 Å². The molecule has 0 saturated heterocycles. The molecule has 0 aliphatic heterocycles. The van der Waals surface area contributed by atoms with Gasteiger partial charge in [0.25, 0.3) is 0 Å². The summed E-state index contributed by atoms with van der Waals surface area (Å²) in [5, 5.41) is 3.42. The Morgan fingerprint density at radius 1 is 1.32 bits per heavy atom. The lowest BCUT2D eigenvalue weighted by molar-refractivity contribution is 0.634. The maximum Gasteiger partial charge on any atom is 0.134 e. The number of fused-ring (bicyclic) bond motifs is 1. The number of nitrogens with two attached hydrogens (primary N) is 1. The number of aromatic nitrogens is 2. The summed E-state index contributed by atoms with van der Waals surface area (Å²) in [6.45, 7) is 2.97. The molecule has 1 aliphatic carbocycles. The molecule has 0 fully saturated rings. The standard InChI is InChI=1S/C15H18N4/c1-2-12-14(16)18-9-19-15(12)17-8-11-7-10-5-3-4-6-13(10)11/h3-6,9,11H,2,7-8H2,1H3,(H3,16,17,18,19). The average molecular weight is 254 g/mol. The normalized spacial score (nSPS) is 16.6. The zero-order chi connectivity index (χ0) is 13.2. The smallest absolute Gasteiger partial charge is 0.134 e. The van der Waals surface area contributed by atoms with E-state index in [1.807, 2.05) is 0 Å². The molecule has 1 atom stereocenters. The summed E-state index contributed by atoms with van der Waals surface area (Å²) in [5.74, 6) is 2.03. The first-order valence-electron chi connectivity index (χ1n) is 6.70. The Balaban J connectivity index is 1.70. The highest BCUT2D eigenvalue weighted by atomic mass is 15.0. The molecule has 0 amide bonds. The van der Waals surface area contributed by atoms with Gasteiger partial charge in [-0.2, -0.15) is 0 Å². The minimum atomic E-state index is 0.578. The van der Waals surface area contributed by atoms with Crippen LogP contribution in [-0.2, 0) is 12.8 Å². The Kier molecular flexibility index (Phi) is 3.07. The quantitative estimate of drug-likeness (QED) is 0.879. The van der Waals surface area contributed by atoms with Gasteiger partial charge < -0.3 is 11.1 Å². The zero-order valence-electron chi connectivity index (χ0n) is 11.1. The molecule has 0 bridgehead atoms. The Morgan fingerprint density at radius 3 is 2.95 bits per heavy atom. The zero-order valence-corrected chi connectivity index (χ0v) is 11.1. The van der Waals surface area contributed by atoms with Gasteiger partial charge in [0.2, 0.25) is 0 Å². The molecule has 1 heterocycles. The molecule has 3 N–H and O–H groups in total. The van der Waals surface area contributed by atoms with Crippen molar-refractivity contribution < 1.29 is 0 Å². The van der Waals surface area contributed by atoms with Gasteiger partial charge in [-0.05, 0) is 24.0 Å². The second-order valence-corrected chi connectivity index (χ2v) is 4.92. The van der Waals surface area contributed by atoms with Crippen LogP contribution in [0.5, 0.6) is 0 Å². The molecule has 1 aromatic carbocycles. The van der Waals surface area contributed by atoms with Crippen LogP contribution >= 0.6 is 0 Å². The van der Waals surface area contributed by atoms with Gasteiger partial charge in [0.15, 0.2) is 0 Å². The Bertz CT molecular complexity index is 594. The molecule has 98 valence electrons. The van der Waals surface area contributed by atoms with Crippen molar-refractivity contribution in [3.05, 3.63) is 47.3 Å². The predicted octanol–water partition coefficient (Wildman–Crippen LogP) is 2.37. The third-order valence-electron chi connectivity index (χ3n) is 3.81. The highest BCUT2D eigenvalue weighted by Gasteiger charge is 2.25. The van der Waals surface area contributed by atoms with E-state index >= 15 is 0 Å². The second kappa shape index (κ2) is 4.88. The molecule has 4 nitrogen and oxygen atoms in total. The Morgan fingerprint density at radius 2 is 2.16 bits per heavy atom. The molecule has 3 rings (SSSR count). The number of rotatable bonds is 4. The first kappa shape index (κ1) is 12.0. The van der Waals surface area contributed by atoms with Crippen LogP contribution in [0.2, 0.25) is 0 Å². The number of hydrogen-bond donors (Lipinski definition) is 2. The van der Waals surface area contributed by atoms with Gasteiger partial charge >= 0.3 is 0 Å². The van der Waals surface area contributed by atoms with Gasteiger partial charge in [-0.3, -0.25) is 0 Å². The number of hydrogen-bond acceptors (Lipinski definition) is 4. The molecular weight excluding hydrogens is 236 g/mol. The Labute approximate surface area is 113 Å². The molecule has 0 spiro atoms. The summed E-state index contributed by atoms with van der Waals surface area (Å²) in [7, 11) is 0. The highest BCUT2D eigenvalue weighted by Crippen LogP contribution is 2.34. The molecule has 0 saturated carbocycles. The van der Waals surface area contributed by atoms with Crippen molar-refractivity contribution in [3.8, 4) is 0 Å². The van der Waals surface area contributed by atoms with E-state index in [4.69, 9.17) is 5.73 Å². The average Bonchev–Trinajstić information content (AvgIpc) is 2.40. The minimum Gasteiger partial charge on any atom is -0.383 e. The minimum absolute atomic E-state index is 0.578. The topological polar surface area (TPSA) is 63.8 Å². The maximum atomic E-state index is 5.87. The summed E-state index contributed by atoms with van der Waals surface area (Å²) in [6, 6.07) is 8.61. The van der Waals surface area contributed by atoms with Crippen molar-refractivity contribution in [2.45, 2.75) is 25.7 Å². The molecule has 1 aromatic heterocycles. The highest BCUT2D eigenvalue weighted by molar-refractivity contribution is 5.55. The van der Waals surface area contributed by atoms with E-state index in [1.54, 1.807) is 0 Å². The van der Waals surface area contributed by atoms with Crippen molar-refractivity contribution in [1.82, 2.24) is 9.97 Å². The first-order chi connectivity index (χ1) is 9.29. The van der Waals surface area contributed by atoms with Crippen LogP contribution < -0.4 is 11.1 Å². The van der Waals surface area contributed by atoms with E-state index in [1.165, 1.54) is 17.5 Å². The predicted molar refractivity (Wildman–Crippen MR) is 77.2 cm³/mol. The number of nitrogen functional groups attached to an aromatic ring is 1. The molecule has 1 aliphatic rings. The fourth-order valence-electron chi connectivity index (χ4n) is 2.69. The Hall–Kier alpha value is -2.10. The molecule has 2 aromatic rings. The summed E-state index contributed by atoms with van der Waals surface area (Å²) < 4.78 is 0. The molecular formula is C15H18N4. The number of benzene rings is 1. The van der Waals surface area contributed by atoms with Gasteiger partial charge in [0, 0.05) is 18.0 Å². The van der Waals surface area contributed by atoms with Crippen molar-refractivity contribution in [2.75, 3.05) is 17.6 Å². The van der Waals surface area contributed by atoms with Crippen LogP contribution in [-0.4, -0.2) is 16.5 Å². The first-order valence-corrected chi connectivity index (χ1v) is 6.70. The van der Waals surface area contributed by atoms with Crippen LogP contribution in [0.3, 0.4) is 0 Å². The summed E-state index contributed by atoms with van der Waals surface area (Å²) >= 11 is 0. The third-order valence-corrected chi connectivity index (χ3v) is 3.81. The van der Waals surface area contributed by atoms with Gasteiger partial charge in [0.1, 0.15) is 18.0 Å². The summed E-state index contributed by atoms with van der Waals surface area (Å²) in [6.07, 6.45) is 3.51. The largest absolute Gasteiger partial charge is 0.383 e. The lowest BCUT2D eigenvalue weighted by Crippen LogP contribution is -2.25. The van der Waals surface area contributed by atoms with Crippen LogP contribution in [0.1, 0.15) is 29.5 Å². The van der Waals surface area contributed by atoms with E-state index in [9.17, 15) is 0 Å². The van der Waals surface area contributed by atoms with Gasteiger partial charge in [-0.1, -0.05) is 31.2 Å². The van der Waals surface area contributed by atoms with Crippen LogP contribution in [0.25, 0.3) is 0 Å². The van der Waals surface area contributed by atoms with E-state index < -0.39 is 0 Å². The van der Waals surface area contributed by atoms with Gasteiger partial charge in [0.05, 0.1) is 0 Å². The van der Waals surface area contributed by atoms with E-state index in [0.29, 0.717) is 11.7 Å². The lowest BCUT2D eigenvalue weighted by Gasteiger charge is -2.30. The van der Waals surface area contributed by atoms with Gasteiger partial charge in [-0.15, -0.1) is 0 Å². The fraction of sp³-hybridized carbons (Fsp3) is 0.333. The second-order valence-electron chi connectivity index (χ2n) is 4.92. The van der Waals surface area contributed by atoms with E-state index in [2.05, 4.69) is 46.5 Å². The van der Waals surface area contributed by atoms with E-state index in [0.717, 1.165) is 30.8 Å². The monoisotopic (exact) mass is 254 g/mol. The molecule has 0 radical (unpaired) electrons. The summed E-state index contributed by atoms with van der Waals surface area (Å²) in [4.78, 5) is 8.33. The van der Waals surface area contributed by atoms with Crippen molar-refractivity contribution in [2.24, 2.45) is 0 Å². The number of nitrogens with zero attached hydrogens (tertiary/aromatic N) is 2. The lowest BCUT2D eigenvalue weighted by atomic mass is 9.77. The van der Waals surface area contributed by atoms with E-state index in [-0.39, 0.29) is 0 Å². The fourth-order valence-corrected chi connectivity index (χ4v) is 2.69. The molecule has 1 unspecified atom stereocenters. The molecule has 4 heteroatoms. The summed E-state index contributed by atoms with van der Waals surface area (Å²) in [5.41, 5.74) is 9.80. The van der Waals surface area contributed by atoms with Gasteiger partial charge in [-0.25, -0.2) is 9.97 Å². The maximum absolute atomic E-state index is 5.87. The number of nitrogens with one attached hydrogen (secondary N) is 1. The van der Waals surface area contributed by atoms with Crippen LogP contribution in [0, 0.1) is 0 Å². The van der Waals surface area contributed by atoms with Crippen LogP contribution in [0.15, 0.2) is 30.6 Å². The number of anilines is 2. The SMILES string of the molecule is CCc1c(N)ncnc1NCC1Cc2ccccc21. The third kappa shape index (κ3) is 2.14. The van der Waals surface area contributed by atoms with Crippen molar-refractivity contribution in [1.29, 1.82) is 0 Å². The van der Waals surface area contributed by atoms with Crippen LogP contribution in [0.4, 0.5) is 11.6 Å². The molecule has 19 heavy (non-hydrogen) atoms.